The van der Waals surface area contributed by atoms with Crippen molar-refractivity contribution in [3.63, 3.8) is 0 Å². The molecule has 0 spiro atoms. The van der Waals surface area contributed by atoms with E-state index in [0.717, 1.165) is 0 Å². The summed E-state index contributed by atoms with van der Waals surface area (Å²) in [5.41, 5.74) is 1.90. The molecule has 40 heavy (non-hydrogen) atoms. The van der Waals surface area contributed by atoms with Gasteiger partial charge in [-0.25, -0.2) is 14.6 Å². The van der Waals surface area contributed by atoms with Crippen molar-refractivity contribution in [1.29, 1.82) is 0 Å². The van der Waals surface area contributed by atoms with Gasteiger partial charge in [-0.2, -0.15) is 0 Å². The Bertz CT molecular complexity index is 1880. The molecule has 0 bridgehead atoms. The van der Waals surface area contributed by atoms with E-state index in [1.807, 2.05) is 0 Å². The van der Waals surface area contributed by atoms with Crippen LogP contribution in [0.25, 0.3) is 17.4 Å². The molecule has 2 aliphatic rings. The number of esters is 1. The van der Waals surface area contributed by atoms with Gasteiger partial charge in [0.1, 0.15) is 11.5 Å². The van der Waals surface area contributed by atoms with Crippen LogP contribution in [0.3, 0.4) is 0 Å². The first kappa shape index (κ1) is 25.4. The van der Waals surface area contributed by atoms with Gasteiger partial charge in [0.05, 0.1) is 34.0 Å². The standard InChI is InChI=1S/C29H22N2O8S/c1-3-36-28(35)24-15(2)30-29-31(25(24)18-8-10-21-22(12-18)38-14-37-21)26(32)23(40-29)13-19-9-11-20(39-19)16-4-6-17(7-5-16)27(33)34/h4-13,25H,3,14H2,1-2H3,(H,33,34)/b23-13-/t25-/m0/s1. The highest BCUT2D eigenvalue weighted by Gasteiger charge is 2.34. The maximum atomic E-state index is 13.8. The number of carboxylic acid groups (broad SMARTS) is 1. The van der Waals surface area contributed by atoms with Gasteiger partial charge in [-0.1, -0.05) is 29.5 Å². The second-order valence-corrected chi connectivity index (χ2v) is 10.0. The highest BCUT2D eigenvalue weighted by molar-refractivity contribution is 7.07. The molecule has 1 N–H and O–H groups in total. The number of aromatic carboxylic acids is 1. The fraction of sp³-hybridized carbons (Fsp3) is 0.172. The molecule has 0 radical (unpaired) electrons. The molecule has 11 heteroatoms. The quantitative estimate of drug-likeness (QED) is 0.356. The summed E-state index contributed by atoms with van der Waals surface area (Å²) < 4.78 is 24.1. The zero-order chi connectivity index (χ0) is 28.0. The number of aromatic nitrogens is 1. The number of carbonyl (C=O) groups excluding carboxylic acids is 1. The molecule has 1 atom stereocenters. The molecule has 4 aromatic rings. The molecule has 0 saturated carbocycles. The largest absolute Gasteiger partial charge is 0.478 e. The molecular formula is C29H22N2O8S. The summed E-state index contributed by atoms with van der Waals surface area (Å²) in [6, 6.07) is 14.3. The smallest absolute Gasteiger partial charge is 0.338 e. The van der Waals surface area contributed by atoms with Crippen LogP contribution in [0.5, 0.6) is 11.5 Å². The van der Waals surface area contributed by atoms with Gasteiger partial charge in [-0.15, -0.1) is 0 Å². The number of fused-ring (bicyclic) bond motifs is 2. The van der Waals surface area contributed by atoms with E-state index >= 15 is 0 Å². The van der Waals surface area contributed by atoms with Crippen LogP contribution >= 0.6 is 11.3 Å². The number of furan rings is 1. The Kier molecular flexibility index (Phi) is 6.35. The molecule has 6 rings (SSSR count). The van der Waals surface area contributed by atoms with Crippen molar-refractivity contribution in [2.75, 3.05) is 13.4 Å². The first-order chi connectivity index (χ1) is 19.3. The summed E-state index contributed by atoms with van der Waals surface area (Å²) in [5, 5.41) is 9.13. The molecule has 0 unspecified atom stereocenters. The van der Waals surface area contributed by atoms with E-state index in [2.05, 4.69) is 4.99 Å². The minimum atomic E-state index is -1.01. The third-order valence-corrected chi connectivity index (χ3v) is 7.53. The normalized spacial score (nSPS) is 16.1. The molecule has 0 fully saturated rings. The second-order valence-electron chi connectivity index (χ2n) is 9.00. The van der Waals surface area contributed by atoms with Gasteiger partial charge in [0.25, 0.3) is 5.56 Å². The third kappa shape index (κ3) is 4.39. The van der Waals surface area contributed by atoms with Gasteiger partial charge in [-0.3, -0.25) is 9.36 Å². The number of rotatable bonds is 6. The molecular weight excluding hydrogens is 536 g/mol. The average molecular weight is 559 g/mol. The zero-order valence-electron chi connectivity index (χ0n) is 21.4. The fourth-order valence-electron chi connectivity index (χ4n) is 4.68. The Morgan fingerprint density at radius 3 is 2.65 bits per heavy atom. The van der Waals surface area contributed by atoms with Crippen LogP contribution in [0.1, 0.15) is 41.6 Å². The van der Waals surface area contributed by atoms with Crippen molar-refractivity contribution in [3.05, 3.63) is 102 Å². The Balaban J connectivity index is 1.44. The van der Waals surface area contributed by atoms with Crippen molar-refractivity contribution in [3.8, 4) is 22.8 Å². The van der Waals surface area contributed by atoms with Crippen molar-refractivity contribution in [1.82, 2.24) is 4.57 Å². The van der Waals surface area contributed by atoms with Crippen LogP contribution < -0.4 is 24.4 Å². The van der Waals surface area contributed by atoms with E-state index in [0.29, 0.717) is 49.2 Å². The Hall–Kier alpha value is -4.90. The topological polar surface area (TPSA) is 130 Å². The van der Waals surface area contributed by atoms with Crippen LogP contribution in [-0.4, -0.2) is 35.0 Å². The number of hydrogen-bond acceptors (Lipinski definition) is 9. The van der Waals surface area contributed by atoms with Crippen molar-refractivity contribution in [2.24, 2.45) is 4.99 Å². The van der Waals surface area contributed by atoms with Crippen LogP contribution in [0.15, 0.2) is 80.1 Å². The number of carbonyl (C=O) groups is 2. The molecule has 2 aromatic heterocycles. The maximum absolute atomic E-state index is 13.8. The van der Waals surface area contributed by atoms with Crippen LogP contribution in [0.4, 0.5) is 0 Å². The molecule has 0 amide bonds. The Morgan fingerprint density at radius 1 is 1.12 bits per heavy atom. The van der Waals surface area contributed by atoms with Crippen LogP contribution in [0.2, 0.25) is 0 Å². The molecule has 10 nitrogen and oxygen atoms in total. The predicted octanol–water partition coefficient (Wildman–Crippen LogP) is 3.49. The second kappa shape index (κ2) is 10.0. The van der Waals surface area contributed by atoms with Gasteiger partial charge in [-0.05, 0) is 55.8 Å². The summed E-state index contributed by atoms with van der Waals surface area (Å²) in [5.74, 6) is 0.503. The van der Waals surface area contributed by atoms with Crippen molar-refractivity contribution in [2.45, 2.75) is 19.9 Å². The lowest BCUT2D eigenvalue weighted by Gasteiger charge is -2.24. The van der Waals surface area contributed by atoms with Crippen molar-refractivity contribution < 1.29 is 33.3 Å². The minimum Gasteiger partial charge on any atom is -0.478 e. The highest BCUT2D eigenvalue weighted by Crippen LogP contribution is 2.38. The molecule has 2 aromatic carbocycles. The van der Waals surface area contributed by atoms with Crippen LogP contribution in [-0.2, 0) is 9.53 Å². The van der Waals surface area contributed by atoms with Crippen molar-refractivity contribution >= 4 is 29.4 Å². The van der Waals surface area contributed by atoms with Gasteiger partial charge < -0.3 is 23.7 Å². The molecule has 2 aliphatic heterocycles. The minimum absolute atomic E-state index is 0.0932. The van der Waals surface area contributed by atoms with E-state index in [1.54, 1.807) is 62.4 Å². The lowest BCUT2D eigenvalue weighted by atomic mass is 9.95. The summed E-state index contributed by atoms with van der Waals surface area (Å²) in [6.45, 7) is 3.71. The van der Waals surface area contributed by atoms with E-state index in [1.165, 1.54) is 28.0 Å². The number of thiazole rings is 1. The fourth-order valence-corrected chi connectivity index (χ4v) is 5.71. The number of nitrogens with zero attached hydrogens (tertiary/aromatic N) is 2. The van der Waals surface area contributed by atoms with Crippen LogP contribution in [0, 0.1) is 0 Å². The summed E-state index contributed by atoms with van der Waals surface area (Å²) in [7, 11) is 0. The van der Waals surface area contributed by atoms with E-state index in [4.69, 9.17) is 23.7 Å². The molecule has 0 aliphatic carbocycles. The van der Waals surface area contributed by atoms with E-state index in [-0.39, 0.29) is 30.1 Å². The zero-order valence-corrected chi connectivity index (χ0v) is 22.2. The average Bonchev–Trinajstić information content (AvgIpc) is 3.67. The molecule has 4 heterocycles. The predicted molar refractivity (Wildman–Crippen MR) is 144 cm³/mol. The monoisotopic (exact) mass is 558 g/mol. The van der Waals surface area contributed by atoms with Gasteiger partial charge in [0.2, 0.25) is 6.79 Å². The number of ether oxygens (including phenoxy) is 3. The van der Waals surface area contributed by atoms with E-state index < -0.39 is 18.0 Å². The lowest BCUT2D eigenvalue weighted by Crippen LogP contribution is -2.39. The third-order valence-electron chi connectivity index (χ3n) is 6.55. The van der Waals surface area contributed by atoms with Gasteiger partial charge in [0.15, 0.2) is 16.3 Å². The highest BCUT2D eigenvalue weighted by atomic mass is 32.1. The summed E-state index contributed by atoms with van der Waals surface area (Å²) >= 11 is 1.18. The molecule has 202 valence electrons. The Labute approximate surface area is 230 Å². The van der Waals surface area contributed by atoms with E-state index in [9.17, 15) is 14.4 Å². The number of carboxylic acids is 1. The summed E-state index contributed by atoms with van der Waals surface area (Å²) in [4.78, 5) is 43.0. The lowest BCUT2D eigenvalue weighted by molar-refractivity contribution is -0.139. The molecule has 0 saturated heterocycles. The number of benzene rings is 2. The number of allylic oxidation sites excluding steroid dienone is 1. The summed E-state index contributed by atoms with van der Waals surface area (Å²) in [6.07, 6.45) is 1.62. The Morgan fingerprint density at radius 2 is 1.90 bits per heavy atom. The van der Waals surface area contributed by atoms with Gasteiger partial charge in [0, 0.05) is 11.6 Å². The first-order valence-electron chi connectivity index (χ1n) is 12.4. The first-order valence-corrected chi connectivity index (χ1v) is 13.2. The van der Waals surface area contributed by atoms with Gasteiger partial charge >= 0.3 is 11.9 Å². The SMILES string of the molecule is CCOC(=O)C1=C(C)N=c2s/c(=C\c3ccc(-c4ccc(C(=O)O)cc4)o3)c(=O)n2[C@H]1c1ccc2c(c1)OCO2. The maximum Gasteiger partial charge on any atom is 0.338 e. The number of hydrogen-bond donors (Lipinski definition) is 1.